The quantitative estimate of drug-likeness (QED) is 0.374. The number of hydrogen-bond donors (Lipinski definition) is 2. The monoisotopic (exact) mass is 415 g/mol. The molecular formula is C21H25N3O4S. The molecule has 0 aliphatic rings. The van der Waals surface area contributed by atoms with Crippen molar-refractivity contribution >= 4 is 22.1 Å². The van der Waals surface area contributed by atoms with Gasteiger partial charge >= 0.3 is 0 Å². The second-order valence-electron chi connectivity index (χ2n) is 6.51. The van der Waals surface area contributed by atoms with E-state index in [9.17, 15) is 13.2 Å². The number of ether oxygens (including phenoxy) is 1. The molecule has 0 atom stereocenters. The van der Waals surface area contributed by atoms with Crippen LogP contribution in [0.25, 0.3) is 0 Å². The molecule has 0 bridgehead atoms. The molecule has 2 rings (SSSR count). The minimum atomic E-state index is -3.81. The van der Waals surface area contributed by atoms with E-state index in [-0.39, 0.29) is 4.90 Å². The first-order valence-corrected chi connectivity index (χ1v) is 10.4. The van der Waals surface area contributed by atoms with Gasteiger partial charge in [0.15, 0.2) is 0 Å². The van der Waals surface area contributed by atoms with Crippen molar-refractivity contribution in [1.82, 2.24) is 10.1 Å². The van der Waals surface area contributed by atoms with Crippen molar-refractivity contribution in [1.29, 1.82) is 0 Å². The highest BCUT2D eigenvalue weighted by Crippen LogP contribution is 2.21. The fraction of sp³-hybridized carbons (Fsp3) is 0.238. The number of hydrazone groups is 1. The van der Waals surface area contributed by atoms with Crippen molar-refractivity contribution in [2.75, 3.05) is 13.2 Å². The molecule has 0 aromatic heterocycles. The van der Waals surface area contributed by atoms with Crippen molar-refractivity contribution in [3.63, 3.8) is 0 Å². The molecule has 154 valence electrons. The zero-order chi connectivity index (χ0) is 21.4. The van der Waals surface area contributed by atoms with Crippen molar-refractivity contribution in [3.8, 4) is 5.75 Å². The highest BCUT2D eigenvalue weighted by molar-refractivity contribution is 7.89. The molecule has 0 radical (unpaired) electrons. The molecule has 1 amide bonds. The van der Waals surface area contributed by atoms with Crippen LogP contribution in [0.15, 0.2) is 59.1 Å². The first-order valence-electron chi connectivity index (χ1n) is 8.96. The predicted molar refractivity (Wildman–Crippen MR) is 114 cm³/mol. The maximum Gasteiger partial charge on any atom is 0.255 e. The van der Waals surface area contributed by atoms with Crippen LogP contribution in [0.2, 0.25) is 0 Å². The summed E-state index contributed by atoms with van der Waals surface area (Å²) in [6.45, 7) is 8.94. The molecule has 8 heteroatoms. The Morgan fingerprint density at radius 1 is 1.14 bits per heavy atom. The van der Waals surface area contributed by atoms with Crippen LogP contribution < -0.4 is 14.9 Å². The largest absolute Gasteiger partial charge is 0.490 e. The first kappa shape index (κ1) is 22.3. The minimum Gasteiger partial charge on any atom is -0.490 e. The summed E-state index contributed by atoms with van der Waals surface area (Å²) in [5, 5.41) is 3.84. The van der Waals surface area contributed by atoms with E-state index in [2.05, 4.69) is 21.8 Å². The molecule has 0 fully saturated rings. The molecule has 2 N–H and O–H groups in total. The highest BCUT2D eigenvalue weighted by atomic mass is 32.2. The molecule has 2 aromatic rings. The van der Waals surface area contributed by atoms with E-state index in [1.807, 2.05) is 6.92 Å². The van der Waals surface area contributed by atoms with E-state index in [1.54, 1.807) is 56.3 Å². The third-order valence-corrected chi connectivity index (χ3v) is 5.65. The van der Waals surface area contributed by atoms with Gasteiger partial charge in [-0.1, -0.05) is 30.4 Å². The fourth-order valence-electron chi connectivity index (χ4n) is 2.85. The van der Waals surface area contributed by atoms with Gasteiger partial charge in [0.25, 0.3) is 5.91 Å². The number of benzene rings is 2. The Labute approximate surface area is 171 Å². The summed E-state index contributed by atoms with van der Waals surface area (Å²) >= 11 is 0. The second kappa shape index (κ2) is 9.99. The molecule has 7 nitrogen and oxygen atoms in total. The van der Waals surface area contributed by atoms with Crippen LogP contribution in [0.1, 0.15) is 22.3 Å². The van der Waals surface area contributed by atoms with Gasteiger partial charge in [-0.3, -0.25) is 4.79 Å². The lowest BCUT2D eigenvalue weighted by Gasteiger charge is -2.12. The van der Waals surface area contributed by atoms with Gasteiger partial charge < -0.3 is 4.74 Å². The van der Waals surface area contributed by atoms with Gasteiger partial charge in [0, 0.05) is 0 Å². The van der Waals surface area contributed by atoms with E-state index in [1.165, 1.54) is 6.21 Å². The number of nitrogens with one attached hydrogen (secondary N) is 2. The lowest BCUT2D eigenvalue weighted by atomic mass is 10.1. The minimum absolute atomic E-state index is 0.193. The topological polar surface area (TPSA) is 96.9 Å². The lowest BCUT2D eigenvalue weighted by molar-refractivity contribution is -0.119. The summed E-state index contributed by atoms with van der Waals surface area (Å²) in [5.41, 5.74) is 5.30. The van der Waals surface area contributed by atoms with Crippen LogP contribution in [0.4, 0.5) is 0 Å². The molecule has 0 aliphatic heterocycles. The van der Waals surface area contributed by atoms with Crippen molar-refractivity contribution in [2.24, 2.45) is 5.10 Å². The number of carbonyl (C=O) groups is 1. The van der Waals surface area contributed by atoms with Crippen LogP contribution in [-0.2, 0) is 14.8 Å². The van der Waals surface area contributed by atoms with Crippen LogP contribution >= 0.6 is 0 Å². The molecule has 2 aromatic carbocycles. The summed E-state index contributed by atoms with van der Waals surface area (Å²) in [4.78, 5) is 12.1. The third kappa shape index (κ3) is 6.55. The Morgan fingerprint density at radius 2 is 1.76 bits per heavy atom. The average molecular weight is 416 g/mol. The van der Waals surface area contributed by atoms with Gasteiger partial charge in [-0.05, 0) is 61.7 Å². The molecule has 0 spiro atoms. The maximum atomic E-state index is 12.5. The van der Waals surface area contributed by atoms with Crippen LogP contribution in [0.3, 0.4) is 0 Å². The SMILES string of the molecule is C=CCOc1ccc(/C=N\NC(=O)CNS(=O)(=O)c2c(C)cc(C)cc2C)cc1. The number of nitrogens with zero attached hydrogens (tertiary/aromatic N) is 1. The Hall–Kier alpha value is -2.97. The Bertz CT molecular complexity index is 990. The number of carbonyl (C=O) groups excluding carboxylic acids is 1. The summed E-state index contributed by atoms with van der Waals surface area (Å²) in [7, 11) is -3.81. The lowest BCUT2D eigenvalue weighted by Crippen LogP contribution is -2.35. The van der Waals surface area contributed by atoms with Gasteiger partial charge in [-0.25, -0.2) is 18.6 Å². The van der Waals surface area contributed by atoms with Crippen molar-refractivity contribution in [3.05, 3.63) is 71.3 Å². The zero-order valence-corrected chi connectivity index (χ0v) is 17.5. The van der Waals surface area contributed by atoms with E-state index >= 15 is 0 Å². The van der Waals surface area contributed by atoms with Crippen LogP contribution in [0.5, 0.6) is 5.75 Å². The normalized spacial score (nSPS) is 11.4. The van der Waals surface area contributed by atoms with Crippen molar-refractivity contribution < 1.29 is 17.9 Å². The molecule has 0 aliphatic carbocycles. The second-order valence-corrected chi connectivity index (χ2v) is 8.22. The van der Waals surface area contributed by atoms with Crippen molar-refractivity contribution in [2.45, 2.75) is 25.7 Å². The Kier molecular flexibility index (Phi) is 7.69. The summed E-state index contributed by atoms with van der Waals surface area (Å²) in [6.07, 6.45) is 3.11. The summed E-state index contributed by atoms with van der Waals surface area (Å²) < 4.78 is 32.8. The van der Waals surface area contributed by atoms with Gasteiger partial charge in [-0.15, -0.1) is 0 Å². The van der Waals surface area contributed by atoms with E-state index in [4.69, 9.17) is 4.74 Å². The Balaban J connectivity index is 1.91. The smallest absolute Gasteiger partial charge is 0.255 e. The van der Waals surface area contributed by atoms with Gasteiger partial charge in [0.05, 0.1) is 17.7 Å². The van der Waals surface area contributed by atoms with Crippen LogP contribution in [0, 0.1) is 20.8 Å². The van der Waals surface area contributed by atoms with E-state index < -0.39 is 22.5 Å². The number of rotatable bonds is 9. The maximum absolute atomic E-state index is 12.5. The van der Waals surface area contributed by atoms with E-state index in [0.717, 1.165) is 11.1 Å². The van der Waals surface area contributed by atoms with Crippen LogP contribution in [-0.4, -0.2) is 33.7 Å². The van der Waals surface area contributed by atoms with Gasteiger partial charge in [0.2, 0.25) is 10.0 Å². The molecule has 0 saturated carbocycles. The van der Waals surface area contributed by atoms with Gasteiger partial charge in [-0.2, -0.15) is 5.10 Å². The molecule has 0 unspecified atom stereocenters. The van der Waals surface area contributed by atoms with E-state index in [0.29, 0.717) is 23.5 Å². The molecule has 0 saturated heterocycles. The Morgan fingerprint density at radius 3 is 2.34 bits per heavy atom. The number of hydrogen-bond acceptors (Lipinski definition) is 5. The molecule has 0 heterocycles. The third-order valence-electron chi connectivity index (χ3n) is 3.95. The average Bonchev–Trinajstić information content (AvgIpc) is 2.65. The number of sulfonamides is 1. The fourth-order valence-corrected chi connectivity index (χ4v) is 4.28. The first-order chi connectivity index (χ1) is 13.7. The summed E-state index contributed by atoms with van der Waals surface area (Å²) in [6, 6.07) is 10.7. The molecular weight excluding hydrogens is 390 g/mol. The summed E-state index contributed by atoms with van der Waals surface area (Å²) in [5.74, 6) is 0.125. The standard InChI is InChI=1S/C21H25N3O4S/c1-5-10-28-19-8-6-18(7-9-19)13-22-24-20(25)14-23-29(26,27)21-16(3)11-15(2)12-17(21)4/h5-9,11-13,23H,1,10,14H2,2-4H3,(H,24,25)/b22-13-. The van der Waals surface area contributed by atoms with Gasteiger partial charge in [0.1, 0.15) is 12.4 Å². The molecule has 29 heavy (non-hydrogen) atoms. The zero-order valence-electron chi connectivity index (χ0n) is 16.7. The number of amides is 1. The highest BCUT2D eigenvalue weighted by Gasteiger charge is 2.20. The predicted octanol–water partition coefficient (Wildman–Crippen LogP) is 2.61. The number of aryl methyl sites for hydroxylation is 3.